The van der Waals surface area contributed by atoms with Crippen molar-refractivity contribution in [1.29, 1.82) is 0 Å². The van der Waals surface area contributed by atoms with E-state index in [0.717, 1.165) is 17.0 Å². The number of carbonyl (C=O) groups is 2. The number of esters is 1. The third kappa shape index (κ3) is 4.41. The lowest BCUT2D eigenvalue weighted by molar-refractivity contribution is -0.152. The molecule has 0 fully saturated rings. The van der Waals surface area contributed by atoms with E-state index in [-0.39, 0.29) is 0 Å². The molecule has 1 N–H and O–H groups in total. The molecule has 0 aliphatic heterocycles. The number of hydrogen-bond donors (Lipinski definition) is 1. The van der Waals surface area contributed by atoms with Gasteiger partial charge in [-0.1, -0.05) is 35.5 Å². The molecule has 0 aliphatic rings. The zero-order valence-corrected chi connectivity index (χ0v) is 15.3. The molecule has 0 radical (unpaired) electrons. The van der Waals surface area contributed by atoms with Gasteiger partial charge in [-0.25, -0.2) is 0 Å². The quantitative estimate of drug-likeness (QED) is 0.672. The van der Waals surface area contributed by atoms with Crippen molar-refractivity contribution in [3.05, 3.63) is 65.3 Å². The highest BCUT2D eigenvalue weighted by atomic mass is 16.5. The zero-order valence-electron chi connectivity index (χ0n) is 15.3. The molecular formula is C19H20N4O4. The van der Waals surface area contributed by atoms with E-state index < -0.39 is 18.0 Å². The lowest BCUT2D eigenvalue weighted by atomic mass is 10.1. The number of aromatic nitrogens is 3. The lowest BCUT2D eigenvalue weighted by Crippen LogP contribution is -2.24. The molecule has 8 heteroatoms. The van der Waals surface area contributed by atoms with Crippen LogP contribution in [-0.4, -0.2) is 26.8 Å². The van der Waals surface area contributed by atoms with E-state index in [1.165, 1.54) is 13.1 Å². The van der Waals surface area contributed by atoms with Gasteiger partial charge in [0, 0.05) is 24.2 Å². The van der Waals surface area contributed by atoms with Crippen LogP contribution >= 0.6 is 0 Å². The zero-order chi connectivity index (χ0) is 19.4. The average Bonchev–Trinajstić information content (AvgIpc) is 3.21. The summed E-state index contributed by atoms with van der Waals surface area (Å²) in [5.41, 5.74) is 2.83. The molecule has 1 atom stereocenters. The van der Waals surface area contributed by atoms with Gasteiger partial charge in [-0.2, -0.15) is 5.10 Å². The topological polar surface area (TPSA) is 99.2 Å². The van der Waals surface area contributed by atoms with Gasteiger partial charge in [0.05, 0.1) is 24.1 Å². The molecule has 3 aromatic rings. The number of benzene rings is 1. The van der Waals surface area contributed by atoms with Gasteiger partial charge in [0.25, 0.3) is 5.91 Å². The molecule has 0 saturated heterocycles. The fourth-order valence-electron chi connectivity index (χ4n) is 2.68. The maximum atomic E-state index is 12.6. The van der Waals surface area contributed by atoms with Crippen molar-refractivity contribution in [2.45, 2.75) is 33.4 Å². The van der Waals surface area contributed by atoms with Crippen LogP contribution in [0.4, 0.5) is 5.69 Å². The number of aryl methyl sites for hydroxylation is 2. The van der Waals surface area contributed by atoms with E-state index >= 15 is 0 Å². The maximum absolute atomic E-state index is 12.6. The maximum Gasteiger partial charge on any atom is 0.303 e. The summed E-state index contributed by atoms with van der Waals surface area (Å²) in [6.45, 7) is 5.45. The fraction of sp³-hybridized carbons (Fsp3) is 0.263. The molecule has 140 valence electrons. The van der Waals surface area contributed by atoms with Crippen LogP contribution in [0.1, 0.15) is 35.6 Å². The Morgan fingerprint density at radius 2 is 2.00 bits per heavy atom. The van der Waals surface area contributed by atoms with Crippen molar-refractivity contribution in [3.8, 4) is 0 Å². The van der Waals surface area contributed by atoms with Gasteiger partial charge < -0.3 is 14.6 Å². The highest BCUT2D eigenvalue weighted by Crippen LogP contribution is 2.20. The number of rotatable bonds is 6. The first-order valence-corrected chi connectivity index (χ1v) is 8.41. The van der Waals surface area contributed by atoms with Crippen LogP contribution in [0.15, 0.2) is 47.2 Å². The molecule has 2 aromatic heterocycles. The summed E-state index contributed by atoms with van der Waals surface area (Å²) in [4.78, 5) is 24.0. The molecule has 1 unspecified atom stereocenters. The van der Waals surface area contributed by atoms with Crippen molar-refractivity contribution >= 4 is 17.6 Å². The number of amides is 1. The van der Waals surface area contributed by atoms with Crippen LogP contribution in [0.2, 0.25) is 0 Å². The molecule has 0 bridgehead atoms. The largest absolute Gasteiger partial charge is 0.447 e. The van der Waals surface area contributed by atoms with Crippen molar-refractivity contribution < 1.29 is 18.8 Å². The summed E-state index contributed by atoms with van der Waals surface area (Å²) in [6, 6.07) is 8.84. The van der Waals surface area contributed by atoms with E-state index in [0.29, 0.717) is 17.8 Å². The number of ether oxygens (including phenoxy) is 1. The Hall–Kier alpha value is -3.42. The van der Waals surface area contributed by atoms with Crippen LogP contribution < -0.4 is 5.32 Å². The van der Waals surface area contributed by atoms with Gasteiger partial charge in [-0.05, 0) is 13.8 Å². The highest BCUT2D eigenvalue weighted by molar-refractivity contribution is 5.95. The highest BCUT2D eigenvalue weighted by Gasteiger charge is 2.24. The summed E-state index contributed by atoms with van der Waals surface area (Å²) in [6.07, 6.45) is 2.19. The first-order valence-electron chi connectivity index (χ1n) is 8.41. The van der Waals surface area contributed by atoms with Crippen LogP contribution in [0.5, 0.6) is 0 Å². The van der Waals surface area contributed by atoms with E-state index in [1.54, 1.807) is 35.1 Å². The summed E-state index contributed by atoms with van der Waals surface area (Å²) in [5.74, 6) is -0.256. The second-order valence-corrected chi connectivity index (χ2v) is 6.12. The molecule has 1 amide bonds. The van der Waals surface area contributed by atoms with Crippen LogP contribution in [0.3, 0.4) is 0 Å². The lowest BCUT2D eigenvalue weighted by Gasteiger charge is -2.16. The van der Waals surface area contributed by atoms with Crippen molar-refractivity contribution in [2.24, 2.45) is 0 Å². The van der Waals surface area contributed by atoms with E-state index in [4.69, 9.17) is 9.26 Å². The molecule has 3 rings (SSSR count). The van der Waals surface area contributed by atoms with Crippen LogP contribution in [0, 0.1) is 13.8 Å². The minimum atomic E-state index is -1.03. The molecule has 0 aliphatic carbocycles. The molecule has 8 nitrogen and oxygen atoms in total. The SMILES string of the molecule is CC(=O)OC(C(=O)Nc1cnn(Cc2c(C)noc2C)c1)c1ccccc1. The van der Waals surface area contributed by atoms with Crippen LogP contribution in [-0.2, 0) is 20.9 Å². The van der Waals surface area contributed by atoms with Gasteiger partial charge in [0.15, 0.2) is 0 Å². The minimum Gasteiger partial charge on any atom is -0.447 e. The molecule has 27 heavy (non-hydrogen) atoms. The Kier molecular flexibility index (Phi) is 5.35. The van der Waals surface area contributed by atoms with Gasteiger partial charge >= 0.3 is 5.97 Å². The number of hydrogen-bond acceptors (Lipinski definition) is 6. The Morgan fingerprint density at radius 1 is 1.26 bits per heavy atom. The van der Waals surface area contributed by atoms with Crippen molar-refractivity contribution in [1.82, 2.24) is 14.9 Å². The van der Waals surface area contributed by atoms with Gasteiger partial charge in [0.2, 0.25) is 6.10 Å². The van der Waals surface area contributed by atoms with E-state index in [2.05, 4.69) is 15.6 Å². The standard InChI is InChI=1S/C19H20N4O4/c1-12-17(13(2)27-22-12)11-23-10-16(9-20-23)21-19(25)18(26-14(3)24)15-7-5-4-6-8-15/h4-10,18H,11H2,1-3H3,(H,21,25). The van der Waals surface area contributed by atoms with Crippen molar-refractivity contribution in [2.75, 3.05) is 5.32 Å². The second-order valence-electron chi connectivity index (χ2n) is 6.12. The third-order valence-corrected chi connectivity index (χ3v) is 4.03. The second kappa shape index (κ2) is 7.86. The molecule has 0 saturated carbocycles. The van der Waals surface area contributed by atoms with Crippen molar-refractivity contribution in [3.63, 3.8) is 0 Å². The Morgan fingerprint density at radius 3 is 2.63 bits per heavy atom. The summed E-state index contributed by atoms with van der Waals surface area (Å²) >= 11 is 0. The number of carbonyl (C=O) groups excluding carboxylic acids is 2. The molecule has 0 spiro atoms. The number of anilines is 1. The van der Waals surface area contributed by atoms with E-state index in [1.807, 2.05) is 19.9 Å². The Balaban J connectivity index is 1.73. The Labute approximate surface area is 156 Å². The normalized spacial score (nSPS) is 11.8. The first-order chi connectivity index (χ1) is 12.9. The number of nitrogens with zero attached hydrogens (tertiary/aromatic N) is 3. The third-order valence-electron chi connectivity index (χ3n) is 4.03. The molecule has 1 aromatic carbocycles. The van der Waals surface area contributed by atoms with Gasteiger partial charge in [-0.15, -0.1) is 0 Å². The van der Waals surface area contributed by atoms with E-state index in [9.17, 15) is 9.59 Å². The Bertz CT molecular complexity index is 926. The smallest absolute Gasteiger partial charge is 0.303 e. The fourth-order valence-corrected chi connectivity index (χ4v) is 2.68. The summed E-state index contributed by atoms with van der Waals surface area (Å²) in [7, 11) is 0. The average molecular weight is 368 g/mol. The molecule has 2 heterocycles. The number of nitrogens with one attached hydrogen (secondary N) is 1. The summed E-state index contributed by atoms with van der Waals surface area (Å²) in [5, 5.41) is 10.9. The van der Waals surface area contributed by atoms with Gasteiger partial charge in [0.1, 0.15) is 5.76 Å². The first kappa shape index (κ1) is 18.4. The monoisotopic (exact) mass is 368 g/mol. The predicted molar refractivity (Wildman–Crippen MR) is 96.9 cm³/mol. The predicted octanol–water partition coefficient (Wildman–Crippen LogP) is 2.78. The summed E-state index contributed by atoms with van der Waals surface area (Å²) < 4.78 is 12.0. The van der Waals surface area contributed by atoms with Gasteiger partial charge in [-0.3, -0.25) is 14.3 Å². The molecular weight excluding hydrogens is 348 g/mol. The van der Waals surface area contributed by atoms with Crippen LogP contribution in [0.25, 0.3) is 0 Å². The minimum absolute atomic E-state index is 0.451.